The molecule has 2 atom stereocenters. The van der Waals surface area contributed by atoms with Crippen molar-refractivity contribution in [2.24, 2.45) is 0 Å². The third kappa shape index (κ3) is 3.49. The summed E-state index contributed by atoms with van der Waals surface area (Å²) in [6.07, 6.45) is 0.569. The van der Waals surface area contributed by atoms with Gasteiger partial charge in [0.2, 0.25) is 15.9 Å². The first-order valence-corrected chi connectivity index (χ1v) is 8.99. The number of hydrogen-bond donors (Lipinski definition) is 1. The molecule has 0 aromatic carbocycles. The summed E-state index contributed by atoms with van der Waals surface area (Å²) >= 11 is 0. The number of sulfonamides is 1. The van der Waals surface area contributed by atoms with Crippen LogP contribution < -0.4 is 4.72 Å². The molecule has 0 saturated carbocycles. The molecule has 1 aromatic heterocycles. The molecule has 1 fully saturated rings. The molecule has 2 heterocycles. The van der Waals surface area contributed by atoms with Crippen molar-refractivity contribution < 1.29 is 17.7 Å². The van der Waals surface area contributed by atoms with E-state index in [0.717, 1.165) is 11.3 Å². The van der Waals surface area contributed by atoms with Crippen molar-refractivity contribution in [2.45, 2.75) is 51.8 Å². The fraction of sp³-hybridized carbons (Fsp3) is 0.714. The second kappa shape index (κ2) is 6.37. The molecule has 0 bridgehead atoms. The molecule has 0 unspecified atom stereocenters. The molecule has 0 aliphatic carbocycles. The largest absolute Gasteiger partial charge is 0.361 e. The molecule has 1 aliphatic heterocycles. The van der Waals surface area contributed by atoms with Gasteiger partial charge in [-0.05, 0) is 34.1 Å². The molecular formula is C14H23N3O4S. The Hall–Kier alpha value is -1.41. The Kier molecular flexibility index (Phi) is 4.91. The maximum absolute atomic E-state index is 12.4. The molecule has 1 saturated heterocycles. The first-order chi connectivity index (χ1) is 10.2. The van der Waals surface area contributed by atoms with E-state index in [1.54, 1.807) is 11.8 Å². The van der Waals surface area contributed by atoms with Gasteiger partial charge in [0.25, 0.3) is 0 Å². The summed E-state index contributed by atoms with van der Waals surface area (Å²) in [5.41, 5.74) is 1.70. The number of nitrogens with one attached hydrogen (secondary N) is 1. The van der Waals surface area contributed by atoms with E-state index >= 15 is 0 Å². The highest BCUT2D eigenvalue weighted by Gasteiger charge is 2.38. The number of carbonyl (C=O) groups is 1. The van der Waals surface area contributed by atoms with E-state index < -0.39 is 15.3 Å². The van der Waals surface area contributed by atoms with Crippen molar-refractivity contribution in [3.8, 4) is 0 Å². The Morgan fingerprint density at radius 2 is 2.14 bits per heavy atom. The van der Waals surface area contributed by atoms with Crippen LogP contribution in [0.1, 0.15) is 37.3 Å². The highest BCUT2D eigenvalue weighted by Crippen LogP contribution is 2.19. The first kappa shape index (κ1) is 17.0. The molecule has 1 aromatic rings. The van der Waals surface area contributed by atoms with Gasteiger partial charge in [-0.1, -0.05) is 5.16 Å². The summed E-state index contributed by atoms with van der Waals surface area (Å²) in [5.74, 6) is 0.605. The smallest absolute Gasteiger partial charge is 0.224 e. The average Bonchev–Trinajstić information content (AvgIpc) is 2.96. The van der Waals surface area contributed by atoms with Crippen molar-refractivity contribution in [2.75, 3.05) is 13.1 Å². The van der Waals surface area contributed by atoms with Gasteiger partial charge < -0.3 is 9.42 Å². The zero-order chi connectivity index (χ0) is 16.5. The Bertz CT molecular complexity index is 634. The number of aryl methyl sites for hydroxylation is 2. The predicted molar refractivity (Wildman–Crippen MR) is 81.9 cm³/mol. The van der Waals surface area contributed by atoms with E-state index in [1.807, 2.05) is 20.8 Å². The lowest BCUT2D eigenvalue weighted by Gasteiger charge is -2.18. The zero-order valence-corrected chi connectivity index (χ0v) is 14.2. The van der Waals surface area contributed by atoms with Crippen molar-refractivity contribution in [3.63, 3.8) is 0 Å². The highest BCUT2D eigenvalue weighted by molar-refractivity contribution is 7.90. The molecular weight excluding hydrogens is 306 g/mol. The number of amides is 1. The Morgan fingerprint density at radius 1 is 1.45 bits per heavy atom. The van der Waals surface area contributed by atoms with E-state index in [9.17, 15) is 13.2 Å². The van der Waals surface area contributed by atoms with Crippen molar-refractivity contribution in [1.82, 2.24) is 14.8 Å². The maximum atomic E-state index is 12.4. The minimum absolute atomic E-state index is 0.0568. The van der Waals surface area contributed by atoms with Gasteiger partial charge in [0.05, 0.1) is 5.69 Å². The minimum atomic E-state index is -3.53. The third-order valence-corrected chi connectivity index (χ3v) is 5.98. The van der Waals surface area contributed by atoms with Crippen LogP contribution in [0.5, 0.6) is 0 Å². The second-order valence-corrected chi connectivity index (χ2v) is 7.82. The maximum Gasteiger partial charge on any atom is 0.224 e. The van der Waals surface area contributed by atoms with E-state index in [2.05, 4.69) is 9.88 Å². The lowest BCUT2D eigenvalue weighted by atomic mass is 10.1. The number of hydrogen-bond acceptors (Lipinski definition) is 5. The molecule has 0 spiro atoms. The summed E-state index contributed by atoms with van der Waals surface area (Å²) in [7, 11) is -3.53. The normalized spacial score (nSPS) is 20.6. The third-order valence-electron chi connectivity index (χ3n) is 4.06. The summed E-state index contributed by atoms with van der Waals surface area (Å²) in [4.78, 5) is 13.3. The van der Waals surface area contributed by atoms with Crippen LogP contribution in [-0.2, 0) is 21.2 Å². The molecule has 8 heteroatoms. The fourth-order valence-corrected chi connectivity index (χ4v) is 4.34. The van der Waals surface area contributed by atoms with Crippen LogP contribution in [0, 0.1) is 13.8 Å². The van der Waals surface area contributed by atoms with Crippen LogP contribution in [-0.4, -0.2) is 48.8 Å². The van der Waals surface area contributed by atoms with Gasteiger partial charge in [0.1, 0.15) is 11.0 Å². The molecule has 22 heavy (non-hydrogen) atoms. The van der Waals surface area contributed by atoms with E-state index in [4.69, 9.17) is 4.52 Å². The van der Waals surface area contributed by atoms with E-state index in [0.29, 0.717) is 18.7 Å². The van der Waals surface area contributed by atoms with Crippen LogP contribution in [0.25, 0.3) is 0 Å². The van der Waals surface area contributed by atoms with Gasteiger partial charge in [-0.15, -0.1) is 0 Å². The molecule has 0 radical (unpaired) electrons. The van der Waals surface area contributed by atoms with Gasteiger partial charge >= 0.3 is 0 Å². The van der Waals surface area contributed by atoms with Crippen LogP contribution in [0.15, 0.2) is 4.52 Å². The number of rotatable bonds is 6. The van der Waals surface area contributed by atoms with Gasteiger partial charge in [-0.25, -0.2) is 13.1 Å². The standard InChI is InChI=1S/C14H23N3O4S/c1-5-17-8-12(7-14(17)18)22(19,20)16-9(2)6-13-10(3)15-21-11(13)4/h9,12,16H,5-8H2,1-4H3/t9-,12+/m1/s1. The topological polar surface area (TPSA) is 92.5 Å². The summed E-state index contributed by atoms with van der Waals surface area (Å²) < 4.78 is 32.6. The van der Waals surface area contributed by atoms with Crippen LogP contribution in [0.3, 0.4) is 0 Å². The SMILES string of the molecule is CCN1C[C@@H](S(=O)(=O)N[C@H](C)Cc2c(C)noc2C)CC1=O. The lowest BCUT2D eigenvalue weighted by Crippen LogP contribution is -2.41. The first-order valence-electron chi connectivity index (χ1n) is 7.45. The molecule has 124 valence electrons. The van der Waals surface area contributed by atoms with E-state index in [1.165, 1.54) is 0 Å². The fourth-order valence-electron chi connectivity index (χ4n) is 2.77. The minimum Gasteiger partial charge on any atom is -0.361 e. The quantitative estimate of drug-likeness (QED) is 0.832. The summed E-state index contributed by atoms with van der Waals surface area (Å²) in [6, 6.07) is -0.285. The molecule has 2 rings (SSSR count). The highest BCUT2D eigenvalue weighted by atomic mass is 32.2. The van der Waals surface area contributed by atoms with Crippen LogP contribution in [0.4, 0.5) is 0 Å². The predicted octanol–water partition coefficient (Wildman–Crippen LogP) is 0.763. The Morgan fingerprint density at radius 3 is 2.64 bits per heavy atom. The second-order valence-electron chi connectivity index (χ2n) is 5.83. The zero-order valence-electron chi connectivity index (χ0n) is 13.4. The molecule has 1 N–H and O–H groups in total. The summed E-state index contributed by atoms with van der Waals surface area (Å²) in [6.45, 7) is 8.10. The van der Waals surface area contributed by atoms with Crippen molar-refractivity contribution >= 4 is 15.9 Å². The van der Waals surface area contributed by atoms with Gasteiger partial charge in [0, 0.05) is 31.1 Å². The monoisotopic (exact) mass is 329 g/mol. The number of carbonyl (C=O) groups excluding carboxylic acids is 1. The number of likely N-dealkylation sites (tertiary alicyclic amines) is 1. The van der Waals surface area contributed by atoms with Crippen molar-refractivity contribution in [1.29, 1.82) is 0 Å². The van der Waals surface area contributed by atoms with Gasteiger partial charge in [-0.2, -0.15) is 0 Å². The van der Waals surface area contributed by atoms with Crippen LogP contribution in [0.2, 0.25) is 0 Å². The van der Waals surface area contributed by atoms with Crippen LogP contribution >= 0.6 is 0 Å². The number of nitrogens with zero attached hydrogens (tertiary/aromatic N) is 2. The Balaban J connectivity index is 2.01. The molecule has 7 nitrogen and oxygen atoms in total. The lowest BCUT2D eigenvalue weighted by molar-refractivity contribution is -0.127. The van der Waals surface area contributed by atoms with Gasteiger partial charge in [0.15, 0.2) is 0 Å². The average molecular weight is 329 g/mol. The van der Waals surface area contributed by atoms with E-state index in [-0.39, 0.29) is 24.9 Å². The molecule has 1 aliphatic rings. The number of aromatic nitrogens is 1. The Labute approximate surface area is 131 Å². The van der Waals surface area contributed by atoms with Gasteiger partial charge in [-0.3, -0.25) is 4.79 Å². The summed E-state index contributed by atoms with van der Waals surface area (Å²) in [5, 5.41) is 3.20. The van der Waals surface area contributed by atoms with Crippen molar-refractivity contribution in [3.05, 3.63) is 17.0 Å². The molecule has 1 amide bonds.